The van der Waals surface area contributed by atoms with Gasteiger partial charge in [-0.15, -0.1) is 0 Å². The van der Waals surface area contributed by atoms with Crippen LogP contribution >= 0.6 is 31.9 Å². The fourth-order valence-corrected chi connectivity index (χ4v) is 4.23. The minimum absolute atomic E-state index is 0.0230. The van der Waals surface area contributed by atoms with Crippen LogP contribution < -0.4 is 4.72 Å². The molecule has 2 N–H and O–H groups in total. The minimum Gasteiger partial charge on any atom is -0.396 e. The molecule has 0 unspecified atom stereocenters. The molecule has 2 rings (SSSR count). The molecule has 0 spiro atoms. The Labute approximate surface area is 123 Å². The molecule has 1 aliphatic carbocycles. The number of sulfonamides is 1. The molecule has 0 amide bonds. The van der Waals surface area contributed by atoms with Crippen molar-refractivity contribution in [3.8, 4) is 0 Å². The highest BCUT2D eigenvalue weighted by atomic mass is 79.9. The summed E-state index contributed by atoms with van der Waals surface area (Å²) in [7, 11) is -3.55. The summed E-state index contributed by atoms with van der Waals surface area (Å²) in [6, 6.07) is 4.99. The first kappa shape index (κ1) is 14.5. The van der Waals surface area contributed by atoms with Gasteiger partial charge in [-0.1, -0.05) is 15.9 Å². The largest absolute Gasteiger partial charge is 0.396 e. The van der Waals surface area contributed by atoms with E-state index in [1.54, 1.807) is 18.2 Å². The van der Waals surface area contributed by atoms with Crippen LogP contribution in [0.4, 0.5) is 0 Å². The third kappa shape index (κ3) is 3.14. The average molecular weight is 399 g/mol. The molecule has 0 saturated heterocycles. The summed E-state index contributed by atoms with van der Waals surface area (Å²) in [5, 5.41) is 9.17. The Morgan fingerprint density at radius 2 is 2.00 bits per heavy atom. The van der Waals surface area contributed by atoms with Gasteiger partial charge in [-0.25, -0.2) is 13.1 Å². The lowest BCUT2D eigenvalue weighted by Gasteiger charge is -2.14. The predicted octanol–water partition coefficient (Wildman–Crippen LogP) is 2.26. The third-order valence-electron chi connectivity index (χ3n) is 3.11. The molecule has 0 aromatic heterocycles. The molecule has 4 nitrogen and oxygen atoms in total. The van der Waals surface area contributed by atoms with E-state index in [-0.39, 0.29) is 23.5 Å². The molecule has 1 aliphatic rings. The fraction of sp³-hybridized carbons (Fsp3) is 0.455. The lowest BCUT2D eigenvalue weighted by atomic mass is 10.1. The van der Waals surface area contributed by atoms with Crippen LogP contribution in [0.5, 0.6) is 0 Å². The number of hydrogen-bond donors (Lipinski definition) is 2. The van der Waals surface area contributed by atoms with E-state index in [1.165, 1.54) is 0 Å². The summed E-state index contributed by atoms with van der Waals surface area (Å²) in [5.74, 6) is 0. The van der Waals surface area contributed by atoms with Crippen LogP contribution in [0.15, 0.2) is 32.0 Å². The smallest absolute Gasteiger partial charge is 0.241 e. The number of nitrogens with one attached hydrogen (secondary N) is 1. The van der Waals surface area contributed by atoms with Crippen LogP contribution in [0.3, 0.4) is 0 Å². The molecule has 1 fully saturated rings. The Bertz CT molecular complexity index is 555. The van der Waals surface area contributed by atoms with Gasteiger partial charge >= 0.3 is 0 Å². The zero-order chi connectivity index (χ0) is 13.4. The highest BCUT2D eigenvalue weighted by Crippen LogP contribution is 2.44. The lowest BCUT2D eigenvalue weighted by molar-refractivity contribution is 0.213. The Hall–Kier alpha value is 0.0500. The molecule has 1 aromatic rings. The minimum atomic E-state index is -3.55. The zero-order valence-corrected chi connectivity index (χ0v) is 13.5. The molecular weight excluding hydrogens is 386 g/mol. The van der Waals surface area contributed by atoms with Gasteiger partial charge < -0.3 is 5.11 Å². The molecular formula is C11H13Br2NO3S. The van der Waals surface area contributed by atoms with E-state index >= 15 is 0 Å². The maximum absolute atomic E-state index is 12.2. The van der Waals surface area contributed by atoms with Crippen molar-refractivity contribution in [3.63, 3.8) is 0 Å². The van der Waals surface area contributed by atoms with Gasteiger partial charge in [-0.2, -0.15) is 0 Å². The van der Waals surface area contributed by atoms with Crippen molar-refractivity contribution < 1.29 is 13.5 Å². The summed E-state index contributed by atoms with van der Waals surface area (Å²) in [4.78, 5) is 0.200. The van der Waals surface area contributed by atoms with Crippen LogP contribution in [0, 0.1) is 5.41 Å². The average Bonchev–Trinajstić information content (AvgIpc) is 3.11. The molecule has 0 heterocycles. The summed E-state index contributed by atoms with van der Waals surface area (Å²) < 4.78 is 28.1. The van der Waals surface area contributed by atoms with Crippen molar-refractivity contribution in [2.24, 2.45) is 5.41 Å². The topological polar surface area (TPSA) is 66.4 Å². The third-order valence-corrected chi connectivity index (χ3v) is 6.00. The first-order valence-electron chi connectivity index (χ1n) is 5.44. The summed E-state index contributed by atoms with van der Waals surface area (Å²) >= 11 is 6.48. The molecule has 0 atom stereocenters. The van der Waals surface area contributed by atoms with Gasteiger partial charge in [0.25, 0.3) is 0 Å². The molecule has 0 radical (unpaired) electrons. The van der Waals surface area contributed by atoms with Crippen LogP contribution in [0.25, 0.3) is 0 Å². The Kier molecular flexibility index (Phi) is 4.18. The standard InChI is InChI=1S/C11H13Br2NO3S/c12-8-1-2-9(13)10(5-8)18(16,17)14-6-11(7-15)3-4-11/h1-2,5,14-15H,3-4,6-7H2. The predicted molar refractivity (Wildman–Crippen MR) is 75.8 cm³/mol. The van der Waals surface area contributed by atoms with Crippen LogP contribution in [-0.2, 0) is 10.0 Å². The fourth-order valence-electron chi connectivity index (χ4n) is 1.58. The number of aliphatic hydroxyl groups excluding tert-OH is 1. The SMILES string of the molecule is O=S(=O)(NCC1(CO)CC1)c1cc(Br)ccc1Br. The van der Waals surface area contributed by atoms with Crippen LogP contribution in [-0.4, -0.2) is 26.7 Å². The number of halogens is 2. The van der Waals surface area contributed by atoms with Gasteiger partial charge in [0.2, 0.25) is 10.0 Å². The van der Waals surface area contributed by atoms with Crippen LogP contribution in [0.1, 0.15) is 12.8 Å². The zero-order valence-electron chi connectivity index (χ0n) is 9.49. The monoisotopic (exact) mass is 397 g/mol. The quantitative estimate of drug-likeness (QED) is 0.799. The van der Waals surface area contributed by atoms with E-state index in [0.29, 0.717) is 8.95 Å². The first-order valence-corrected chi connectivity index (χ1v) is 8.51. The second-order valence-electron chi connectivity index (χ2n) is 4.56. The van der Waals surface area contributed by atoms with Gasteiger partial charge in [0.05, 0.1) is 4.90 Å². The second kappa shape index (κ2) is 5.20. The van der Waals surface area contributed by atoms with E-state index in [2.05, 4.69) is 36.6 Å². The van der Waals surface area contributed by atoms with Gasteiger partial charge in [-0.05, 0) is 47.0 Å². The number of aliphatic hydroxyl groups is 1. The number of benzene rings is 1. The number of rotatable bonds is 5. The van der Waals surface area contributed by atoms with E-state index in [0.717, 1.165) is 12.8 Å². The Balaban J connectivity index is 2.18. The van der Waals surface area contributed by atoms with Gasteiger partial charge in [0, 0.05) is 27.5 Å². The maximum Gasteiger partial charge on any atom is 0.241 e. The van der Waals surface area contributed by atoms with Crippen molar-refractivity contribution >= 4 is 41.9 Å². The van der Waals surface area contributed by atoms with Crippen molar-refractivity contribution in [2.75, 3.05) is 13.2 Å². The van der Waals surface area contributed by atoms with Crippen molar-refractivity contribution in [1.82, 2.24) is 4.72 Å². The van der Waals surface area contributed by atoms with E-state index in [9.17, 15) is 13.5 Å². The van der Waals surface area contributed by atoms with E-state index in [4.69, 9.17) is 0 Å². The van der Waals surface area contributed by atoms with Gasteiger partial charge in [0.15, 0.2) is 0 Å². The highest BCUT2D eigenvalue weighted by molar-refractivity contribution is 9.11. The van der Waals surface area contributed by atoms with Crippen molar-refractivity contribution in [1.29, 1.82) is 0 Å². The summed E-state index contributed by atoms with van der Waals surface area (Å²) in [5.41, 5.74) is -0.244. The van der Waals surface area contributed by atoms with Crippen molar-refractivity contribution in [3.05, 3.63) is 27.1 Å². The molecule has 100 valence electrons. The molecule has 1 saturated carbocycles. The Morgan fingerprint density at radius 3 is 2.56 bits per heavy atom. The Morgan fingerprint density at radius 1 is 1.33 bits per heavy atom. The van der Waals surface area contributed by atoms with E-state index < -0.39 is 10.0 Å². The molecule has 0 bridgehead atoms. The summed E-state index contributed by atoms with van der Waals surface area (Å²) in [6.07, 6.45) is 1.73. The summed E-state index contributed by atoms with van der Waals surface area (Å²) in [6.45, 7) is 0.306. The van der Waals surface area contributed by atoms with E-state index in [1.807, 2.05) is 0 Å². The lowest BCUT2D eigenvalue weighted by Crippen LogP contribution is -2.32. The second-order valence-corrected chi connectivity index (χ2v) is 8.06. The van der Waals surface area contributed by atoms with Crippen LogP contribution in [0.2, 0.25) is 0 Å². The molecule has 7 heteroatoms. The molecule has 18 heavy (non-hydrogen) atoms. The first-order chi connectivity index (χ1) is 8.38. The molecule has 0 aliphatic heterocycles. The maximum atomic E-state index is 12.2. The van der Waals surface area contributed by atoms with Gasteiger partial charge in [0.1, 0.15) is 0 Å². The molecule has 1 aromatic carbocycles. The van der Waals surface area contributed by atoms with Crippen molar-refractivity contribution in [2.45, 2.75) is 17.7 Å². The number of hydrogen-bond acceptors (Lipinski definition) is 3. The normalized spacial score (nSPS) is 17.7. The van der Waals surface area contributed by atoms with Gasteiger partial charge in [-0.3, -0.25) is 0 Å². The highest BCUT2D eigenvalue weighted by Gasteiger charge is 2.42.